The predicted octanol–water partition coefficient (Wildman–Crippen LogP) is 1.19. The van der Waals surface area contributed by atoms with Crippen LogP contribution in [0.3, 0.4) is 0 Å². The Morgan fingerprint density at radius 2 is 1.95 bits per heavy atom. The maximum absolute atomic E-state index is 11.1. The highest BCUT2D eigenvalue weighted by Gasteiger charge is 2.41. The van der Waals surface area contributed by atoms with Crippen LogP contribution in [-0.4, -0.2) is 43.1 Å². The minimum atomic E-state index is -0.620. The van der Waals surface area contributed by atoms with Gasteiger partial charge in [-0.1, -0.05) is 6.08 Å². The Labute approximate surface area is 112 Å². The van der Waals surface area contributed by atoms with Crippen LogP contribution >= 0.6 is 0 Å². The van der Waals surface area contributed by atoms with Gasteiger partial charge in [-0.3, -0.25) is 9.59 Å². The van der Waals surface area contributed by atoms with E-state index in [0.29, 0.717) is 13.0 Å². The molecule has 4 atom stereocenters. The van der Waals surface area contributed by atoms with E-state index in [1.807, 2.05) is 0 Å². The number of carbonyl (C=O) groups is 2. The minimum Gasteiger partial charge on any atom is -0.458 e. The van der Waals surface area contributed by atoms with Gasteiger partial charge in [0.1, 0.15) is 6.10 Å². The van der Waals surface area contributed by atoms with Crippen LogP contribution in [0.1, 0.15) is 27.2 Å². The monoisotopic (exact) mass is 272 g/mol. The molecule has 0 radical (unpaired) electrons. The van der Waals surface area contributed by atoms with Gasteiger partial charge >= 0.3 is 11.9 Å². The topological polar surface area (TPSA) is 71.1 Å². The van der Waals surface area contributed by atoms with Crippen LogP contribution < -0.4 is 0 Å². The van der Waals surface area contributed by atoms with Crippen molar-refractivity contribution in [3.05, 3.63) is 12.7 Å². The molecule has 1 aliphatic heterocycles. The zero-order chi connectivity index (χ0) is 14.4. The van der Waals surface area contributed by atoms with Crippen molar-refractivity contribution in [3.8, 4) is 0 Å². The Bertz CT molecular complexity index is 340. The Kier molecular flexibility index (Phi) is 5.98. The van der Waals surface area contributed by atoms with Gasteiger partial charge in [0.25, 0.3) is 0 Å². The third-order valence-electron chi connectivity index (χ3n) is 2.64. The van der Waals surface area contributed by atoms with Crippen LogP contribution in [0, 0.1) is 0 Å². The molecule has 0 unspecified atom stereocenters. The minimum absolute atomic E-state index is 0.315. The lowest BCUT2D eigenvalue weighted by molar-refractivity contribution is -0.252. The van der Waals surface area contributed by atoms with E-state index in [9.17, 15) is 9.59 Å². The van der Waals surface area contributed by atoms with E-state index < -0.39 is 36.5 Å². The quantitative estimate of drug-likeness (QED) is 0.553. The molecule has 1 aliphatic rings. The predicted molar refractivity (Wildman–Crippen MR) is 66.2 cm³/mol. The maximum Gasteiger partial charge on any atom is 0.303 e. The molecule has 0 saturated carbocycles. The first-order chi connectivity index (χ1) is 8.93. The Morgan fingerprint density at radius 1 is 1.32 bits per heavy atom. The second-order valence-electron chi connectivity index (χ2n) is 4.35. The van der Waals surface area contributed by atoms with Crippen molar-refractivity contribution in [3.63, 3.8) is 0 Å². The summed E-state index contributed by atoms with van der Waals surface area (Å²) in [4.78, 5) is 22.2. The summed E-state index contributed by atoms with van der Waals surface area (Å²) in [6, 6.07) is 0. The maximum atomic E-state index is 11.1. The van der Waals surface area contributed by atoms with Gasteiger partial charge in [-0.15, -0.1) is 6.58 Å². The molecule has 0 aromatic rings. The molecule has 19 heavy (non-hydrogen) atoms. The summed E-state index contributed by atoms with van der Waals surface area (Å²) in [5.41, 5.74) is 0. The normalized spacial score (nSPS) is 30.5. The standard InChI is InChI=1S/C13H20O6/c1-5-6-16-12-7-11(18-9(3)14)13(8(2)17-12)19-10(4)15/h5,8,11-13H,1,6-7H2,2-4H3/t8-,11-,12+,13-/m0/s1. The SMILES string of the molecule is C=CCO[C@H]1C[C@H](OC(C)=O)[C@@H](OC(C)=O)[C@H](C)O1. The Balaban J connectivity index is 2.71. The van der Waals surface area contributed by atoms with Crippen molar-refractivity contribution < 1.29 is 28.5 Å². The van der Waals surface area contributed by atoms with Gasteiger partial charge in [0.2, 0.25) is 0 Å². The molecule has 6 nitrogen and oxygen atoms in total. The van der Waals surface area contributed by atoms with Gasteiger partial charge in [0.15, 0.2) is 12.4 Å². The van der Waals surface area contributed by atoms with Crippen LogP contribution in [0.2, 0.25) is 0 Å². The summed E-state index contributed by atoms with van der Waals surface area (Å²) in [5.74, 6) is -0.873. The highest BCUT2D eigenvalue weighted by Crippen LogP contribution is 2.26. The summed E-state index contributed by atoms with van der Waals surface area (Å²) in [6.07, 6.45) is -0.200. The number of ether oxygens (including phenoxy) is 4. The average Bonchev–Trinajstić information content (AvgIpc) is 2.30. The fourth-order valence-electron chi connectivity index (χ4n) is 1.97. The first-order valence-electron chi connectivity index (χ1n) is 6.16. The first-order valence-corrected chi connectivity index (χ1v) is 6.16. The van der Waals surface area contributed by atoms with E-state index in [2.05, 4.69) is 6.58 Å². The molecular weight excluding hydrogens is 252 g/mol. The van der Waals surface area contributed by atoms with Crippen molar-refractivity contribution >= 4 is 11.9 Å². The van der Waals surface area contributed by atoms with Gasteiger partial charge in [-0.25, -0.2) is 0 Å². The second-order valence-corrected chi connectivity index (χ2v) is 4.35. The molecule has 1 rings (SSSR count). The van der Waals surface area contributed by atoms with Crippen molar-refractivity contribution in [2.45, 2.75) is 51.8 Å². The molecule has 1 heterocycles. The van der Waals surface area contributed by atoms with Gasteiger partial charge in [-0.2, -0.15) is 0 Å². The molecule has 0 amide bonds. The third kappa shape index (κ3) is 5.00. The summed E-state index contributed by atoms with van der Waals surface area (Å²) in [7, 11) is 0. The number of hydrogen-bond donors (Lipinski definition) is 0. The van der Waals surface area contributed by atoms with Crippen molar-refractivity contribution in [2.24, 2.45) is 0 Å². The molecule has 1 saturated heterocycles. The van der Waals surface area contributed by atoms with Crippen LogP contribution in [0.25, 0.3) is 0 Å². The largest absolute Gasteiger partial charge is 0.458 e. The molecule has 0 bridgehead atoms. The van der Waals surface area contributed by atoms with Crippen molar-refractivity contribution in [1.29, 1.82) is 0 Å². The smallest absolute Gasteiger partial charge is 0.303 e. The van der Waals surface area contributed by atoms with E-state index in [-0.39, 0.29) is 0 Å². The number of esters is 2. The van der Waals surface area contributed by atoms with Gasteiger partial charge in [-0.05, 0) is 6.92 Å². The lowest BCUT2D eigenvalue weighted by Gasteiger charge is -2.38. The first kappa shape index (κ1) is 15.7. The zero-order valence-corrected chi connectivity index (χ0v) is 11.5. The Hall–Kier alpha value is -1.40. The summed E-state index contributed by atoms with van der Waals surface area (Å²) in [5, 5.41) is 0. The molecule has 108 valence electrons. The summed E-state index contributed by atoms with van der Waals surface area (Å²) in [6.45, 7) is 8.24. The highest BCUT2D eigenvalue weighted by atomic mass is 16.7. The molecule has 1 fully saturated rings. The fourth-order valence-corrected chi connectivity index (χ4v) is 1.97. The number of hydrogen-bond acceptors (Lipinski definition) is 6. The van der Waals surface area contributed by atoms with Crippen molar-refractivity contribution in [1.82, 2.24) is 0 Å². The molecule has 0 aliphatic carbocycles. The molecule has 0 spiro atoms. The fraction of sp³-hybridized carbons (Fsp3) is 0.692. The summed E-state index contributed by atoms with van der Waals surface area (Å²) >= 11 is 0. The van der Waals surface area contributed by atoms with E-state index in [4.69, 9.17) is 18.9 Å². The van der Waals surface area contributed by atoms with Gasteiger partial charge in [0.05, 0.1) is 12.7 Å². The van der Waals surface area contributed by atoms with Crippen LogP contribution in [0.4, 0.5) is 0 Å². The third-order valence-corrected chi connectivity index (χ3v) is 2.64. The van der Waals surface area contributed by atoms with E-state index in [0.717, 1.165) is 0 Å². The average molecular weight is 272 g/mol. The molecular formula is C13H20O6. The summed E-state index contributed by atoms with van der Waals surface area (Å²) < 4.78 is 21.3. The highest BCUT2D eigenvalue weighted by molar-refractivity contribution is 5.67. The zero-order valence-electron chi connectivity index (χ0n) is 11.5. The lowest BCUT2D eigenvalue weighted by Crippen LogP contribution is -2.51. The number of carbonyl (C=O) groups excluding carboxylic acids is 2. The Morgan fingerprint density at radius 3 is 2.47 bits per heavy atom. The molecule has 0 aromatic heterocycles. The second kappa shape index (κ2) is 7.25. The van der Waals surface area contributed by atoms with Crippen LogP contribution in [0.15, 0.2) is 12.7 Å². The van der Waals surface area contributed by atoms with E-state index in [1.54, 1.807) is 13.0 Å². The molecule has 0 N–H and O–H groups in total. The van der Waals surface area contributed by atoms with Crippen LogP contribution in [0.5, 0.6) is 0 Å². The van der Waals surface area contributed by atoms with Crippen molar-refractivity contribution in [2.75, 3.05) is 6.61 Å². The molecule has 6 heteroatoms. The lowest BCUT2D eigenvalue weighted by atomic mass is 10.0. The van der Waals surface area contributed by atoms with Gasteiger partial charge in [0, 0.05) is 20.3 Å². The number of rotatable bonds is 5. The van der Waals surface area contributed by atoms with Crippen LogP contribution in [-0.2, 0) is 28.5 Å². The van der Waals surface area contributed by atoms with Gasteiger partial charge < -0.3 is 18.9 Å². The van der Waals surface area contributed by atoms with E-state index in [1.165, 1.54) is 13.8 Å². The molecule has 0 aromatic carbocycles. The van der Waals surface area contributed by atoms with E-state index >= 15 is 0 Å².